The Bertz CT molecular complexity index is 507. The Kier molecular flexibility index (Phi) is 3.16. The third-order valence-electron chi connectivity index (χ3n) is 1.94. The van der Waals surface area contributed by atoms with Gasteiger partial charge in [0.05, 0.1) is 10.6 Å². The van der Waals surface area contributed by atoms with Gasteiger partial charge in [-0.1, -0.05) is 12.1 Å². The van der Waals surface area contributed by atoms with Crippen molar-refractivity contribution in [3.63, 3.8) is 0 Å². The molecule has 1 aromatic heterocycles. The van der Waals surface area contributed by atoms with E-state index < -0.39 is 0 Å². The number of aromatic nitrogens is 1. The molecule has 1 aromatic carbocycles. The number of hydrogen-bond donors (Lipinski definition) is 0. The van der Waals surface area contributed by atoms with E-state index in [1.807, 2.05) is 37.3 Å². The zero-order chi connectivity index (χ0) is 10.8. The minimum atomic E-state index is 0.0547. The van der Waals surface area contributed by atoms with Gasteiger partial charge in [0.15, 0.2) is 0 Å². The summed E-state index contributed by atoms with van der Waals surface area (Å²) in [6.45, 7) is 1.89. The van der Waals surface area contributed by atoms with Crippen molar-refractivity contribution < 1.29 is 4.79 Å². The molecular formula is C11H8INOS. The fourth-order valence-electron chi connectivity index (χ4n) is 1.24. The van der Waals surface area contributed by atoms with Crippen LogP contribution in [0.5, 0.6) is 0 Å². The van der Waals surface area contributed by atoms with Gasteiger partial charge in [-0.25, -0.2) is 0 Å². The van der Waals surface area contributed by atoms with E-state index >= 15 is 0 Å². The number of nitrogens with zero attached hydrogens (tertiary/aromatic N) is 1. The number of carbonyl (C=O) groups excluding carboxylic acids is 1. The van der Waals surface area contributed by atoms with Gasteiger partial charge in [0, 0.05) is 9.13 Å². The number of rotatable bonds is 2. The Balaban J connectivity index is 2.36. The summed E-state index contributed by atoms with van der Waals surface area (Å²) in [6, 6.07) is 9.41. The van der Waals surface area contributed by atoms with Crippen LogP contribution in [0.25, 0.3) is 0 Å². The second-order valence-electron chi connectivity index (χ2n) is 3.17. The lowest BCUT2D eigenvalue weighted by atomic mass is 10.1. The maximum atomic E-state index is 12.0. The SMILES string of the molecule is Cc1cc(C(=O)c2cccc(I)c2)sn1. The summed E-state index contributed by atoms with van der Waals surface area (Å²) in [7, 11) is 0. The quantitative estimate of drug-likeness (QED) is 0.625. The average Bonchev–Trinajstić information content (AvgIpc) is 2.64. The predicted octanol–water partition coefficient (Wildman–Crippen LogP) is 3.29. The van der Waals surface area contributed by atoms with Crippen molar-refractivity contribution in [2.75, 3.05) is 0 Å². The standard InChI is InChI=1S/C11H8INOS/c1-7-5-10(15-13-7)11(14)8-3-2-4-9(12)6-8/h2-6H,1H3. The second-order valence-corrected chi connectivity index (χ2v) is 5.22. The fraction of sp³-hybridized carbons (Fsp3) is 0.0909. The molecule has 2 nitrogen and oxygen atoms in total. The molecule has 0 spiro atoms. The molecule has 0 bridgehead atoms. The van der Waals surface area contributed by atoms with Crippen molar-refractivity contribution in [2.24, 2.45) is 0 Å². The van der Waals surface area contributed by atoms with Crippen molar-refractivity contribution in [1.82, 2.24) is 4.37 Å². The molecule has 0 saturated heterocycles. The molecule has 0 atom stereocenters. The van der Waals surface area contributed by atoms with Crippen LogP contribution in [0, 0.1) is 10.5 Å². The summed E-state index contributed by atoms with van der Waals surface area (Å²) in [4.78, 5) is 12.7. The second kappa shape index (κ2) is 4.40. The smallest absolute Gasteiger partial charge is 0.204 e. The molecule has 4 heteroatoms. The van der Waals surface area contributed by atoms with E-state index in [-0.39, 0.29) is 5.78 Å². The monoisotopic (exact) mass is 329 g/mol. The lowest BCUT2D eigenvalue weighted by molar-refractivity contribution is 0.104. The van der Waals surface area contributed by atoms with Crippen molar-refractivity contribution in [1.29, 1.82) is 0 Å². The van der Waals surface area contributed by atoms with Crippen LogP contribution in [-0.2, 0) is 0 Å². The highest BCUT2D eigenvalue weighted by Crippen LogP contribution is 2.16. The summed E-state index contributed by atoms with van der Waals surface area (Å²) in [5.41, 5.74) is 1.62. The van der Waals surface area contributed by atoms with Gasteiger partial charge in [-0.2, -0.15) is 4.37 Å². The highest BCUT2D eigenvalue weighted by molar-refractivity contribution is 14.1. The van der Waals surface area contributed by atoms with E-state index in [9.17, 15) is 4.79 Å². The van der Waals surface area contributed by atoms with Gasteiger partial charge in [0.2, 0.25) is 5.78 Å². The van der Waals surface area contributed by atoms with Gasteiger partial charge in [-0.3, -0.25) is 4.79 Å². The van der Waals surface area contributed by atoms with Crippen LogP contribution in [0.2, 0.25) is 0 Å². The number of hydrogen-bond acceptors (Lipinski definition) is 3. The molecule has 2 rings (SSSR count). The van der Waals surface area contributed by atoms with Crippen LogP contribution in [0.15, 0.2) is 30.3 Å². The topological polar surface area (TPSA) is 30.0 Å². The van der Waals surface area contributed by atoms with Crippen LogP contribution >= 0.6 is 34.1 Å². The highest BCUT2D eigenvalue weighted by atomic mass is 127. The van der Waals surface area contributed by atoms with Crippen LogP contribution in [0.1, 0.15) is 20.9 Å². The van der Waals surface area contributed by atoms with E-state index in [0.29, 0.717) is 4.88 Å². The number of aryl methyl sites for hydroxylation is 1. The molecule has 0 saturated carbocycles. The van der Waals surface area contributed by atoms with Crippen LogP contribution in [-0.4, -0.2) is 10.2 Å². The van der Waals surface area contributed by atoms with Crippen LogP contribution in [0.4, 0.5) is 0 Å². The molecule has 15 heavy (non-hydrogen) atoms. The lowest BCUT2D eigenvalue weighted by Crippen LogP contribution is -1.98. The molecule has 76 valence electrons. The Morgan fingerprint density at radius 3 is 2.80 bits per heavy atom. The van der Waals surface area contributed by atoms with E-state index in [1.165, 1.54) is 11.5 Å². The predicted molar refractivity (Wildman–Crippen MR) is 69.4 cm³/mol. The maximum absolute atomic E-state index is 12.0. The molecule has 0 amide bonds. The average molecular weight is 329 g/mol. The summed E-state index contributed by atoms with van der Waals surface area (Å²) in [5, 5.41) is 0. The molecule has 0 aliphatic heterocycles. The van der Waals surface area contributed by atoms with Crippen molar-refractivity contribution >= 4 is 39.9 Å². The van der Waals surface area contributed by atoms with Crippen molar-refractivity contribution in [2.45, 2.75) is 6.92 Å². The zero-order valence-electron chi connectivity index (χ0n) is 8.03. The number of benzene rings is 1. The Morgan fingerprint density at radius 2 is 2.20 bits per heavy atom. The minimum absolute atomic E-state index is 0.0547. The Morgan fingerprint density at radius 1 is 1.40 bits per heavy atom. The van der Waals surface area contributed by atoms with E-state index in [0.717, 1.165) is 14.8 Å². The van der Waals surface area contributed by atoms with E-state index in [2.05, 4.69) is 27.0 Å². The molecule has 0 fully saturated rings. The maximum Gasteiger partial charge on any atom is 0.204 e. The normalized spacial score (nSPS) is 10.3. The van der Waals surface area contributed by atoms with Crippen molar-refractivity contribution in [3.8, 4) is 0 Å². The highest BCUT2D eigenvalue weighted by Gasteiger charge is 2.11. The first kappa shape index (κ1) is 10.8. The first-order valence-corrected chi connectivity index (χ1v) is 6.25. The Hall–Kier alpha value is -0.750. The largest absolute Gasteiger partial charge is 0.288 e. The third-order valence-corrected chi connectivity index (χ3v) is 3.49. The van der Waals surface area contributed by atoms with Gasteiger partial charge in [-0.15, -0.1) is 0 Å². The molecule has 2 aromatic rings. The molecular weight excluding hydrogens is 321 g/mol. The number of carbonyl (C=O) groups is 1. The van der Waals surface area contributed by atoms with Crippen LogP contribution < -0.4 is 0 Å². The first-order valence-electron chi connectivity index (χ1n) is 4.40. The minimum Gasteiger partial charge on any atom is -0.288 e. The summed E-state index contributed by atoms with van der Waals surface area (Å²) in [5.74, 6) is 0.0547. The van der Waals surface area contributed by atoms with Gasteiger partial charge in [0.25, 0.3) is 0 Å². The first-order chi connectivity index (χ1) is 7.16. The Labute approximate surface area is 106 Å². The summed E-state index contributed by atoms with van der Waals surface area (Å²) >= 11 is 3.46. The fourth-order valence-corrected chi connectivity index (χ4v) is 2.50. The van der Waals surface area contributed by atoms with Crippen molar-refractivity contribution in [3.05, 3.63) is 50.0 Å². The number of ketones is 1. The summed E-state index contributed by atoms with van der Waals surface area (Å²) in [6.07, 6.45) is 0. The van der Waals surface area contributed by atoms with E-state index in [4.69, 9.17) is 0 Å². The molecule has 0 N–H and O–H groups in total. The van der Waals surface area contributed by atoms with Gasteiger partial charge in [-0.05, 0) is 59.2 Å². The van der Waals surface area contributed by atoms with Gasteiger partial charge < -0.3 is 0 Å². The molecule has 0 radical (unpaired) electrons. The lowest BCUT2D eigenvalue weighted by Gasteiger charge is -1.97. The zero-order valence-corrected chi connectivity index (χ0v) is 11.0. The summed E-state index contributed by atoms with van der Waals surface area (Å²) < 4.78 is 5.17. The molecule has 0 aliphatic rings. The molecule has 0 unspecified atom stereocenters. The van der Waals surface area contributed by atoms with E-state index in [1.54, 1.807) is 0 Å². The van der Waals surface area contributed by atoms with Crippen LogP contribution in [0.3, 0.4) is 0 Å². The van der Waals surface area contributed by atoms with Gasteiger partial charge in [0.1, 0.15) is 0 Å². The number of halogens is 1. The third kappa shape index (κ3) is 2.43. The molecule has 0 aliphatic carbocycles. The molecule has 1 heterocycles. The van der Waals surface area contributed by atoms with Gasteiger partial charge >= 0.3 is 0 Å².